The number of nitro benzene ring substituents is 1. The van der Waals surface area contributed by atoms with Gasteiger partial charge in [0.2, 0.25) is 5.91 Å². The Morgan fingerprint density at radius 1 is 1.19 bits per heavy atom. The molecule has 0 radical (unpaired) electrons. The lowest BCUT2D eigenvalue weighted by molar-refractivity contribution is -0.384. The van der Waals surface area contributed by atoms with Crippen molar-refractivity contribution in [3.05, 3.63) is 81.9 Å². The molecule has 0 spiro atoms. The summed E-state index contributed by atoms with van der Waals surface area (Å²) in [4.78, 5) is 26.2. The lowest BCUT2D eigenvalue weighted by atomic mass is 10.2. The summed E-state index contributed by atoms with van der Waals surface area (Å²) in [6, 6.07) is 11.6. The third-order valence-corrected chi connectivity index (χ3v) is 6.20. The first-order valence-electron chi connectivity index (χ1n) is 8.80. The molecule has 0 atom stereocenters. The van der Waals surface area contributed by atoms with E-state index in [-0.39, 0.29) is 20.8 Å². The van der Waals surface area contributed by atoms with Gasteiger partial charge in [0.15, 0.2) is 10.2 Å². The van der Waals surface area contributed by atoms with Crippen LogP contribution in [0.5, 0.6) is 0 Å². The number of thiocarbonyl (C=S) groups is 1. The van der Waals surface area contributed by atoms with Gasteiger partial charge in [0.1, 0.15) is 0 Å². The van der Waals surface area contributed by atoms with Gasteiger partial charge < -0.3 is 5.32 Å². The van der Waals surface area contributed by atoms with Crippen molar-refractivity contribution in [3.8, 4) is 0 Å². The molecule has 32 heavy (non-hydrogen) atoms. The summed E-state index contributed by atoms with van der Waals surface area (Å²) in [5.41, 5.74) is 0.861. The molecule has 3 aromatic rings. The van der Waals surface area contributed by atoms with Gasteiger partial charge in [0.25, 0.3) is 15.7 Å². The van der Waals surface area contributed by atoms with E-state index in [0.717, 1.165) is 11.3 Å². The molecule has 1 heterocycles. The molecule has 0 saturated carbocycles. The third kappa shape index (κ3) is 6.41. The number of hydrogen-bond acceptors (Lipinski definition) is 8. The van der Waals surface area contributed by atoms with Crippen molar-refractivity contribution in [1.82, 2.24) is 10.3 Å². The topological polar surface area (TPSA) is 143 Å². The molecule has 1 amide bonds. The van der Waals surface area contributed by atoms with Crippen LogP contribution in [0.4, 0.5) is 16.5 Å². The predicted octanol–water partition coefficient (Wildman–Crippen LogP) is 3.38. The molecule has 0 saturated heterocycles. The van der Waals surface area contributed by atoms with E-state index in [1.54, 1.807) is 11.4 Å². The number of nitrogens with zero attached hydrogens (tertiary/aromatic N) is 2. The van der Waals surface area contributed by atoms with Crippen LogP contribution in [-0.4, -0.2) is 29.3 Å². The van der Waals surface area contributed by atoms with Gasteiger partial charge >= 0.3 is 0 Å². The Labute approximate surface area is 192 Å². The first-order chi connectivity index (χ1) is 15.2. The summed E-state index contributed by atoms with van der Waals surface area (Å²) in [5.74, 6) is -0.541. The first kappa shape index (κ1) is 23.0. The SMILES string of the molecule is O=C(/C=C/c1cccc([N+](=O)[O-])c1)NC(=S)Nc1ccc(S(=O)(=O)Nc2nccs2)cc1. The van der Waals surface area contributed by atoms with Gasteiger partial charge in [0, 0.05) is 35.5 Å². The molecule has 3 rings (SSSR count). The number of carbonyl (C=O) groups is 1. The highest BCUT2D eigenvalue weighted by Gasteiger charge is 2.15. The van der Waals surface area contributed by atoms with Crippen molar-refractivity contribution >= 4 is 67.2 Å². The molecule has 0 unspecified atom stereocenters. The molecule has 1 aromatic heterocycles. The monoisotopic (exact) mass is 489 g/mol. The maximum Gasteiger partial charge on any atom is 0.270 e. The average Bonchev–Trinajstić information content (AvgIpc) is 3.25. The maximum absolute atomic E-state index is 12.3. The predicted molar refractivity (Wildman–Crippen MR) is 126 cm³/mol. The van der Waals surface area contributed by atoms with Crippen LogP contribution in [0.25, 0.3) is 6.08 Å². The molecule has 0 aliphatic carbocycles. The number of hydrogen-bond donors (Lipinski definition) is 3. The van der Waals surface area contributed by atoms with Crippen LogP contribution in [-0.2, 0) is 14.8 Å². The van der Waals surface area contributed by atoms with Crippen LogP contribution >= 0.6 is 23.6 Å². The van der Waals surface area contributed by atoms with E-state index in [4.69, 9.17) is 12.2 Å². The van der Waals surface area contributed by atoms with E-state index in [2.05, 4.69) is 20.3 Å². The summed E-state index contributed by atoms with van der Waals surface area (Å²) in [6.07, 6.45) is 4.09. The van der Waals surface area contributed by atoms with Crippen LogP contribution in [0.1, 0.15) is 5.56 Å². The minimum absolute atomic E-state index is 0.00444. The fourth-order valence-electron chi connectivity index (χ4n) is 2.39. The third-order valence-electron chi connectivity index (χ3n) is 3.82. The largest absolute Gasteiger partial charge is 0.332 e. The van der Waals surface area contributed by atoms with Gasteiger partial charge in [-0.25, -0.2) is 13.4 Å². The number of benzene rings is 2. The van der Waals surface area contributed by atoms with E-state index in [1.165, 1.54) is 60.8 Å². The van der Waals surface area contributed by atoms with E-state index in [9.17, 15) is 23.3 Å². The summed E-state index contributed by atoms with van der Waals surface area (Å²) < 4.78 is 27.0. The van der Waals surface area contributed by atoms with E-state index < -0.39 is 20.9 Å². The lowest BCUT2D eigenvalue weighted by Crippen LogP contribution is -2.32. The second-order valence-electron chi connectivity index (χ2n) is 6.10. The number of nitrogens with one attached hydrogen (secondary N) is 3. The van der Waals surface area contributed by atoms with E-state index in [0.29, 0.717) is 11.3 Å². The molecular formula is C19H15N5O5S3. The van der Waals surface area contributed by atoms with Gasteiger partial charge in [-0.2, -0.15) is 0 Å². The number of nitro groups is 1. The lowest BCUT2D eigenvalue weighted by Gasteiger charge is -2.09. The smallest absolute Gasteiger partial charge is 0.270 e. The molecule has 13 heteroatoms. The molecule has 0 fully saturated rings. The van der Waals surface area contributed by atoms with Crippen LogP contribution in [0.3, 0.4) is 0 Å². The zero-order chi connectivity index (χ0) is 23.1. The Morgan fingerprint density at radius 3 is 2.59 bits per heavy atom. The van der Waals surface area contributed by atoms with Gasteiger partial charge in [-0.15, -0.1) is 11.3 Å². The van der Waals surface area contributed by atoms with E-state index >= 15 is 0 Å². The number of rotatable bonds is 7. The molecule has 10 nitrogen and oxygen atoms in total. The number of thiazole rings is 1. The Balaban J connectivity index is 1.56. The van der Waals surface area contributed by atoms with Crippen molar-refractivity contribution in [2.45, 2.75) is 4.90 Å². The standard InChI is InChI=1S/C19H15N5O5S3/c25-17(9-4-13-2-1-3-15(12-13)24(26)27)22-18(30)21-14-5-7-16(8-6-14)32(28,29)23-19-20-10-11-31-19/h1-12H,(H,20,23)(H2,21,22,25,30)/b9-4+. The van der Waals surface area contributed by atoms with Crippen molar-refractivity contribution in [2.24, 2.45) is 0 Å². The number of sulfonamides is 1. The van der Waals surface area contributed by atoms with Crippen LogP contribution in [0.15, 0.2) is 71.1 Å². The Morgan fingerprint density at radius 2 is 1.94 bits per heavy atom. The Hall–Kier alpha value is -3.68. The van der Waals surface area contributed by atoms with Crippen LogP contribution in [0.2, 0.25) is 0 Å². The van der Waals surface area contributed by atoms with Gasteiger partial charge in [0.05, 0.1) is 9.82 Å². The zero-order valence-corrected chi connectivity index (χ0v) is 18.5. The zero-order valence-electron chi connectivity index (χ0n) is 16.1. The highest BCUT2D eigenvalue weighted by molar-refractivity contribution is 7.93. The minimum atomic E-state index is -3.77. The Bertz CT molecular complexity index is 1270. The molecule has 3 N–H and O–H groups in total. The van der Waals surface area contributed by atoms with Crippen molar-refractivity contribution in [1.29, 1.82) is 0 Å². The fourth-order valence-corrected chi connectivity index (χ4v) is 4.40. The molecule has 0 aliphatic heterocycles. The summed E-state index contributed by atoms with van der Waals surface area (Å²) in [7, 11) is -3.77. The summed E-state index contributed by atoms with van der Waals surface area (Å²) >= 11 is 6.24. The van der Waals surface area contributed by atoms with Crippen molar-refractivity contribution in [2.75, 3.05) is 10.0 Å². The van der Waals surface area contributed by atoms with Crippen LogP contribution < -0.4 is 15.4 Å². The second kappa shape index (κ2) is 10.1. The van der Waals surface area contributed by atoms with Gasteiger partial charge in [-0.3, -0.25) is 24.9 Å². The van der Waals surface area contributed by atoms with Crippen LogP contribution in [0, 0.1) is 10.1 Å². The summed E-state index contributed by atoms with van der Waals surface area (Å²) in [5, 5.41) is 17.9. The number of amides is 1. The highest BCUT2D eigenvalue weighted by atomic mass is 32.2. The highest BCUT2D eigenvalue weighted by Crippen LogP contribution is 2.19. The maximum atomic E-state index is 12.3. The number of anilines is 2. The molecule has 0 bridgehead atoms. The normalized spacial score (nSPS) is 11.1. The Kier molecular flexibility index (Phi) is 7.25. The molecule has 2 aromatic carbocycles. The van der Waals surface area contributed by atoms with Crippen molar-refractivity contribution < 1.29 is 18.1 Å². The molecule has 164 valence electrons. The van der Waals surface area contributed by atoms with Crippen molar-refractivity contribution in [3.63, 3.8) is 0 Å². The number of aromatic nitrogens is 1. The number of carbonyl (C=O) groups excluding carboxylic acids is 1. The average molecular weight is 490 g/mol. The fraction of sp³-hybridized carbons (Fsp3) is 0. The minimum Gasteiger partial charge on any atom is -0.332 e. The van der Waals surface area contributed by atoms with E-state index in [1.807, 2.05) is 0 Å². The van der Waals surface area contributed by atoms with Gasteiger partial charge in [-0.05, 0) is 48.1 Å². The number of non-ortho nitro benzene ring substituents is 1. The molecular weight excluding hydrogens is 474 g/mol. The van der Waals surface area contributed by atoms with Gasteiger partial charge in [-0.1, -0.05) is 12.1 Å². The second-order valence-corrected chi connectivity index (χ2v) is 9.08. The molecule has 0 aliphatic rings. The summed E-state index contributed by atoms with van der Waals surface area (Å²) in [6.45, 7) is 0. The quantitative estimate of drug-likeness (QED) is 0.198. The first-order valence-corrected chi connectivity index (χ1v) is 11.6.